The van der Waals surface area contributed by atoms with Crippen molar-refractivity contribution in [1.29, 1.82) is 5.26 Å². The van der Waals surface area contributed by atoms with Crippen molar-refractivity contribution in [3.05, 3.63) is 66.1 Å². The van der Waals surface area contributed by atoms with Crippen molar-refractivity contribution in [1.82, 2.24) is 9.97 Å². The van der Waals surface area contributed by atoms with E-state index >= 15 is 0 Å². The van der Waals surface area contributed by atoms with Crippen molar-refractivity contribution in [3.8, 4) is 6.07 Å². The molecular weight excluding hydrogens is 272 g/mol. The number of fused-ring (bicyclic) bond motifs is 1. The molecule has 1 aromatic heterocycles. The van der Waals surface area contributed by atoms with Crippen LogP contribution >= 0.6 is 0 Å². The summed E-state index contributed by atoms with van der Waals surface area (Å²) < 4.78 is 0. The monoisotopic (exact) mass is 288 g/mol. The first-order chi connectivity index (χ1) is 10.8. The molecule has 0 saturated heterocycles. The minimum absolute atomic E-state index is 0.364. The summed E-state index contributed by atoms with van der Waals surface area (Å²) in [5.74, 6) is 0.630. The third-order valence-electron chi connectivity index (χ3n) is 3.74. The summed E-state index contributed by atoms with van der Waals surface area (Å²) in [5, 5.41) is 11.6. The Morgan fingerprint density at radius 3 is 2.68 bits per heavy atom. The van der Waals surface area contributed by atoms with Gasteiger partial charge in [-0.15, -0.1) is 0 Å². The molecule has 0 aliphatic rings. The fourth-order valence-corrected chi connectivity index (χ4v) is 2.59. The van der Waals surface area contributed by atoms with Crippen LogP contribution in [0.15, 0.2) is 54.9 Å². The average molecular weight is 288 g/mol. The minimum atomic E-state index is 0.364. The molecule has 0 radical (unpaired) electrons. The van der Waals surface area contributed by atoms with E-state index in [1.807, 2.05) is 11.9 Å². The van der Waals surface area contributed by atoms with Gasteiger partial charge in [0.25, 0.3) is 0 Å². The Kier molecular flexibility index (Phi) is 3.97. The molecule has 0 spiro atoms. The minimum Gasteiger partial charge on any atom is -0.357 e. The third kappa shape index (κ3) is 2.75. The van der Waals surface area contributed by atoms with Gasteiger partial charge in [-0.25, -0.2) is 9.97 Å². The Morgan fingerprint density at radius 2 is 1.82 bits per heavy atom. The molecule has 3 aromatic rings. The van der Waals surface area contributed by atoms with Gasteiger partial charge in [0.05, 0.1) is 0 Å². The fraction of sp³-hybridized carbons (Fsp3) is 0.167. The molecule has 0 N–H and O–H groups in total. The van der Waals surface area contributed by atoms with Crippen LogP contribution < -0.4 is 4.90 Å². The van der Waals surface area contributed by atoms with Gasteiger partial charge in [0.15, 0.2) is 11.5 Å². The van der Waals surface area contributed by atoms with Crippen molar-refractivity contribution in [3.63, 3.8) is 0 Å². The first-order valence-electron chi connectivity index (χ1n) is 7.18. The van der Waals surface area contributed by atoms with Gasteiger partial charge < -0.3 is 4.90 Å². The molecule has 3 rings (SSSR count). The van der Waals surface area contributed by atoms with E-state index in [0.717, 1.165) is 13.0 Å². The molecular formula is C18H16N4. The van der Waals surface area contributed by atoms with Crippen molar-refractivity contribution in [2.24, 2.45) is 0 Å². The Labute approximate surface area is 129 Å². The van der Waals surface area contributed by atoms with E-state index < -0.39 is 0 Å². The lowest BCUT2D eigenvalue weighted by atomic mass is 10.0. The normalized spacial score (nSPS) is 10.4. The van der Waals surface area contributed by atoms with Gasteiger partial charge in [-0.3, -0.25) is 0 Å². The van der Waals surface area contributed by atoms with Gasteiger partial charge in [-0.2, -0.15) is 5.26 Å². The van der Waals surface area contributed by atoms with Crippen LogP contribution in [0.2, 0.25) is 0 Å². The Hall–Kier alpha value is -2.93. The molecule has 0 bridgehead atoms. The van der Waals surface area contributed by atoms with Crippen molar-refractivity contribution < 1.29 is 0 Å². The van der Waals surface area contributed by atoms with Crippen molar-refractivity contribution in [2.45, 2.75) is 6.42 Å². The maximum atomic E-state index is 9.11. The number of rotatable bonds is 4. The molecule has 2 aromatic carbocycles. The Bertz CT molecular complexity index is 830. The SMILES string of the molecule is CN(CCc1cccc2ccccc12)c1nccnc1C#N. The van der Waals surface area contributed by atoms with Gasteiger partial charge in [-0.05, 0) is 22.8 Å². The first-order valence-corrected chi connectivity index (χ1v) is 7.18. The topological polar surface area (TPSA) is 52.8 Å². The van der Waals surface area contributed by atoms with E-state index in [0.29, 0.717) is 11.5 Å². The van der Waals surface area contributed by atoms with Crippen molar-refractivity contribution in [2.75, 3.05) is 18.5 Å². The highest BCUT2D eigenvalue weighted by Crippen LogP contribution is 2.20. The molecule has 4 heteroatoms. The maximum absolute atomic E-state index is 9.11. The second-order valence-corrected chi connectivity index (χ2v) is 5.15. The molecule has 0 saturated carbocycles. The predicted octanol–water partition coefficient (Wildman–Crippen LogP) is 3.18. The highest BCUT2D eigenvalue weighted by molar-refractivity contribution is 5.85. The van der Waals surface area contributed by atoms with E-state index in [1.54, 1.807) is 12.4 Å². The van der Waals surface area contributed by atoms with E-state index in [-0.39, 0.29) is 0 Å². The van der Waals surface area contributed by atoms with Crippen LogP contribution in [0.3, 0.4) is 0 Å². The van der Waals surface area contributed by atoms with Crippen LogP contribution in [0.25, 0.3) is 10.8 Å². The molecule has 0 atom stereocenters. The van der Waals surface area contributed by atoms with Gasteiger partial charge >= 0.3 is 0 Å². The zero-order valence-corrected chi connectivity index (χ0v) is 12.4. The lowest BCUT2D eigenvalue weighted by Gasteiger charge is -2.19. The summed E-state index contributed by atoms with van der Waals surface area (Å²) in [5.41, 5.74) is 1.66. The molecule has 0 fully saturated rings. The van der Waals surface area contributed by atoms with Gasteiger partial charge in [-0.1, -0.05) is 42.5 Å². The molecule has 108 valence electrons. The quantitative estimate of drug-likeness (QED) is 0.740. The summed E-state index contributed by atoms with van der Waals surface area (Å²) in [6.45, 7) is 0.779. The standard InChI is InChI=1S/C18H16N4/c1-22(18-17(13-19)20-10-11-21-18)12-9-15-7-4-6-14-5-2-3-8-16(14)15/h2-8,10-11H,9,12H2,1H3. The van der Waals surface area contributed by atoms with Crippen LogP contribution in [0.4, 0.5) is 5.82 Å². The molecule has 0 unspecified atom stereocenters. The second-order valence-electron chi connectivity index (χ2n) is 5.15. The number of benzene rings is 2. The summed E-state index contributed by atoms with van der Waals surface area (Å²) in [6, 6.07) is 16.8. The molecule has 4 nitrogen and oxygen atoms in total. The Balaban J connectivity index is 1.81. The van der Waals surface area contributed by atoms with Crippen LogP contribution in [-0.4, -0.2) is 23.6 Å². The van der Waals surface area contributed by atoms with Crippen LogP contribution in [0.5, 0.6) is 0 Å². The summed E-state index contributed by atoms with van der Waals surface area (Å²) in [4.78, 5) is 10.3. The Morgan fingerprint density at radius 1 is 1.05 bits per heavy atom. The van der Waals surface area contributed by atoms with E-state index in [1.165, 1.54) is 16.3 Å². The average Bonchev–Trinajstić information content (AvgIpc) is 2.59. The van der Waals surface area contributed by atoms with Crippen LogP contribution in [-0.2, 0) is 6.42 Å². The highest BCUT2D eigenvalue weighted by atomic mass is 15.2. The van der Waals surface area contributed by atoms with Gasteiger partial charge in [0, 0.05) is 26.0 Å². The van der Waals surface area contributed by atoms with E-state index in [4.69, 9.17) is 5.26 Å². The van der Waals surface area contributed by atoms with E-state index in [2.05, 4.69) is 58.5 Å². The van der Waals surface area contributed by atoms with E-state index in [9.17, 15) is 0 Å². The fourth-order valence-electron chi connectivity index (χ4n) is 2.59. The number of nitrogens with zero attached hydrogens (tertiary/aromatic N) is 4. The molecule has 0 aliphatic heterocycles. The first kappa shape index (κ1) is 14.0. The number of hydrogen-bond donors (Lipinski definition) is 0. The number of nitriles is 1. The maximum Gasteiger partial charge on any atom is 0.183 e. The number of anilines is 1. The summed E-state index contributed by atoms with van der Waals surface area (Å²) >= 11 is 0. The number of aromatic nitrogens is 2. The molecule has 0 aliphatic carbocycles. The zero-order chi connectivity index (χ0) is 15.4. The van der Waals surface area contributed by atoms with Crippen molar-refractivity contribution >= 4 is 16.6 Å². The number of hydrogen-bond acceptors (Lipinski definition) is 4. The lowest BCUT2D eigenvalue weighted by Crippen LogP contribution is -2.22. The largest absolute Gasteiger partial charge is 0.357 e. The predicted molar refractivity (Wildman–Crippen MR) is 87.7 cm³/mol. The third-order valence-corrected chi connectivity index (χ3v) is 3.74. The smallest absolute Gasteiger partial charge is 0.183 e. The van der Waals surface area contributed by atoms with Gasteiger partial charge in [0.2, 0.25) is 0 Å². The molecule has 0 amide bonds. The zero-order valence-electron chi connectivity index (χ0n) is 12.4. The van der Waals surface area contributed by atoms with Crippen LogP contribution in [0, 0.1) is 11.3 Å². The molecule has 1 heterocycles. The lowest BCUT2D eigenvalue weighted by molar-refractivity contribution is 0.855. The number of likely N-dealkylation sites (N-methyl/N-ethyl adjacent to an activating group) is 1. The summed E-state index contributed by atoms with van der Waals surface area (Å²) in [7, 11) is 1.94. The molecule has 22 heavy (non-hydrogen) atoms. The van der Waals surface area contributed by atoms with Crippen LogP contribution in [0.1, 0.15) is 11.3 Å². The van der Waals surface area contributed by atoms with Gasteiger partial charge in [0.1, 0.15) is 6.07 Å². The summed E-state index contributed by atoms with van der Waals surface area (Å²) in [6.07, 6.45) is 4.05. The highest BCUT2D eigenvalue weighted by Gasteiger charge is 2.10. The second kappa shape index (κ2) is 6.23.